The first-order valence-corrected chi connectivity index (χ1v) is 8.05. The largest absolute Gasteiger partial charge is 0.489 e. The summed E-state index contributed by atoms with van der Waals surface area (Å²) < 4.78 is 5.79. The fourth-order valence-corrected chi connectivity index (χ4v) is 2.64. The molecule has 23 heavy (non-hydrogen) atoms. The molecule has 0 aliphatic carbocycles. The third kappa shape index (κ3) is 4.57. The molecule has 0 aromatic heterocycles. The average Bonchev–Trinajstić information content (AvgIpc) is 2.61. The minimum absolute atomic E-state index is 0.194. The fourth-order valence-electron chi connectivity index (χ4n) is 2.64. The average molecular weight is 310 g/mol. The van der Waals surface area contributed by atoms with Gasteiger partial charge in [0.05, 0.1) is 6.54 Å². The quantitative estimate of drug-likeness (QED) is 0.890. The lowest BCUT2D eigenvalue weighted by Crippen LogP contribution is -2.48. The standard InChI is InChI=1S/C19H22N2O2/c22-19-14-20-11-13-21(19)12-10-16-6-8-18(9-7-16)23-15-17-4-2-1-3-5-17/h1-9,20H,10-15H2. The number of hydrogen-bond donors (Lipinski definition) is 1. The number of carbonyl (C=O) groups excluding carboxylic acids is 1. The molecule has 0 unspecified atom stereocenters. The van der Waals surface area contributed by atoms with Gasteiger partial charge in [0.2, 0.25) is 5.91 Å². The van der Waals surface area contributed by atoms with Crippen LogP contribution in [0.4, 0.5) is 0 Å². The van der Waals surface area contributed by atoms with Crippen molar-refractivity contribution in [3.8, 4) is 5.75 Å². The molecule has 4 nitrogen and oxygen atoms in total. The van der Waals surface area contributed by atoms with E-state index in [2.05, 4.69) is 29.6 Å². The Labute approximate surface area is 137 Å². The number of nitrogens with zero attached hydrogens (tertiary/aromatic N) is 1. The van der Waals surface area contributed by atoms with E-state index < -0.39 is 0 Å². The fraction of sp³-hybridized carbons (Fsp3) is 0.316. The minimum Gasteiger partial charge on any atom is -0.489 e. The van der Waals surface area contributed by atoms with Gasteiger partial charge in [-0.2, -0.15) is 0 Å². The molecule has 120 valence electrons. The first-order valence-electron chi connectivity index (χ1n) is 8.05. The summed E-state index contributed by atoms with van der Waals surface area (Å²) in [4.78, 5) is 13.7. The third-order valence-corrected chi connectivity index (χ3v) is 4.03. The molecular weight excluding hydrogens is 288 g/mol. The molecule has 1 saturated heterocycles. The predicted molar refractivity (Wildman–Crippen MR) is 90.4 cm³/mol. The highest BCUT2D eigenvalue weighted by molar-refractivity contribution is 5.78. The lowest BCUT2D eigenvalue weighted by molar-refractivity contribution is -0.131. The molecule has 1 amide bonds. The molecule has 1 N–H and O–H groups in total. The maximum absolute atomic E-state index is 11.7. The Bertz CT molecular complexity index is 626. The zero-order valence-electron chi connectivity index (χ0n) is 13.2. The second-order valence-electron chi connectivity index (χ2n) is 5.73. The van der Waals surface area contributed by atoms with E-state index in [4.69, 9.17) is 4.74 Å². The molecule has 0 radical (unpaired) electrons. The van der Waals surface area contributed by atoms with Crippen LogP contribution in [0.5, 0.6) is 5.75 Å². The number of piperazine rings is 1. The van der Waals surface area contributed by atoms with Crippen molar-refractivity contribution in [1.29, 1.82) is 0 Å². The number of amides is 1. The molecular formula is C19H22N2O2. The van der Waals surface area contributed by atoms with Gasteiger partial charge in [-0.25, -0.2) is 0 Å². The number of carbonyl (C=O) groups is 1. The van der Waals surface area contributed by atoms with E-state index in [0.717, 1.165) is 37.4 Å². The molecule has 0 saturated carbocycles. The first-order chi connectivity index (χ1) is 11.3. The number of ether oxygens (including phenoxy) is 1. The number of nitrogens with one attached hydrogen (secondary N) is 1. The van der Waals surface area contributed by atoms with E-state index in [1.807, 2.05) is 35.2 Å². The molecule has 0 atom stereocenters. The van der Waals surface area contributed by atoms with E-state index in [1.165, 1.54) is 5.56 Å². The molecule has 0 bridgehead atoms. The van der Waals surface area contributed by atoms with Crippen LogP contribution in [0.3, 0.4) is 0 Å². The number of rotatable bonds is 6. The van der Waals surface area contributed by atoms with Crippen molar-refractivity contribution in [1.82, 2.24) is 10.2 Å². The van der Waals surface area contributed by atoms with Crippen molar-refractivity contribution in [2.75, 3.05) is 26.2 Å². The highest BCUT2D eigenvalue weighted by Crippen LogP contribution is 2.15. The molecule has 2 aromatic carbocycles. The van der Waals surface area contributed by atoms with Crippen LogP contribution >= 0.6 is 0 Å². The summed E-state index contributed by atoms with van der Waals surface area (Å²) >= 11 is 0. The van der Waals surface area contributed by atoms with E-state index >= 15 is 0 Å². The van der Waals surface area contributed by atoms with Crippen molar-refractivity contribution >= 4 is 5.91 Å². The molecule has 1 aliphatic heterocycles. The lowest BCUT2D eigenvalue weighted by atomic mass is 10.1. The van der Waals surface area contributed by atoms with Gasteiger partial charge >= 0.3 is 0 Å². The Morgan fingerprint density at radius 2 is 1.78 bits per heavy atom. The van der Waals surface area contributed by atoms with Crippen molar-refractivity contribution in [3.63, 3.8) is 0 Å². The van der Waals surface area contributed by atoms with E-state index in [1.54, 1.807) is 0 Å². The summed E-state index contributed by atoms with van der Waals surface area (Å²) in [6.45, 7) is 3.52. The van der Waals surface area contributed by atoms with Gasteiger partial charge in [0.15, 0.2) is 0 Å². The predicted octanol–water partition coefficient (Wildman–Crippen LogP) is 2.24. The molecule has 4 heteroatoms. The second kappa shape index (κ2) is 7.79. The molecule has 3 rings (SSSR count). The summed E-state index contributed by atoms with van der Waals surface area (Å²) in [5.74, 6) is 1.06. The zero-order chi connectivity index (χ0) is 15.9. The van der Waals surface area contributed by atoms with Gasteiger partial charge in [-0.3, -0.25) is 4.79 Å². The highest BCUT2D eigenvalue weighted by atomic mass is 16.5. The summed E-state index contributed by atoms with van der Waals surface area (Å²) in [7, 11) is 0. The van der Waals surface area contributed by atoms with Crippen molar-refractivity contribution < 1.29 is 9.53 Å². The van der Waals surface area contributed by atoms with Gasteiger partial charge < -0.3 is 15.0 Å². The van der Waals surface area contributed by atoms with Crippen LogP contribution in [0.25, 0.3) is 0 Å². The summed E-state index contributed by atoms with van der Waals surface area (Å²) in [6.07, 6.45) is 0.880. The van der Waals surface area contributed by atoms with Crippen LogP contribution in [-0.4, -0.2) is 37.0 Å². The van der Waals surface area contributed by atoms with E-state index in [9.17, 15) is 4.79 Å². The van der Waals surface area contributed by atoms with Gasteiger partial charge in [-0.1, -0.05) is 42.5 Å². The van der Waals surface area contributed by atoms with E-state index in [0.29, 0.717) is 13.2 Å². The van der Waals surface area contributed by atoms with Crippen LogP contribution in [0, 0.1) is 0 Å². The Morgan fingerprint density at radius 3 is 2.52 bits per heavy atom. The monoisotopic (exact) mass is 310 g/mol. The van der Waals surface area contributed by atoms with E-state index in [-0.39, 0.29) is 5.91 Å². The Balaban J connectivity index is 1.48. The second-order valence-corrected chi connectivity index (χ2v) is 5.73. The highest BCUT2D eigenvalue weighted by Gasteiger charge is 2.16. The van der Waals surface area contributed by atoms with Gasteiger partial charge in [0, 0.05) is 19.6 Å². The van der Waals surface area contributed by atoms with Crippen LogP contribution in [0.2, 0.25) is 0 Å². The first kappa shape index (κ1) is 15.6. The van der Waals surface area contributed by atoms with Gasteiger partial charge in [0.25, 0.3) is 0 Å². The summed E-state index contributed by atoms with van der Waals surface area (Å²) in [5.41, 5.74) is 2.39. The van der Waals surface area contributed by atoms with Crippen LogP contribution < -0.4 is 10.1 Å². The van der Waals surface area contributed by atoms with Gasteiger partial charge in [-0.05, 0) is 29.7 Å². The topological polar surface area (TPSA) is 41.6 Å². The molecule has 1 aliphatic rings. The Hall–Kier alpha value is -2.33. The lowest BCUT2D eigenvalue weighted by Gasteiger charge is -2.27. The maximum atomic E-state index is 11.7. The number of hydrogen-bond acceptors (Lipinski definition) is 3. The smallest absolute Gasteiger partial charge is 0.236 e. The van der Waals surface area contributed by atoms with Gasteiger partial charge in [0.1, 0.15) is 12.4 Å². The van der Waals surface area contributed by atoms with Crippen LogP contribution in [0.15, 0.2) is 54.6 Å². The van der Waals surface area contributed by atoms with Crippen LogP contribution in [-0.2, 0) is 17.8 Å². The summed E-state index contributed by atoms with van der Waals surface area (Å²) in [5, 5.41) is 3.09. The Kier molecular flexibility index (Phi) is 5.27. The maximum Gasteiger partial charge on any atom is 0.236 e. The van der Waals surface area contributed by atoms with Crippen molar-refractivity contribution in [2.24, 2.45) is 0 Å². The minimum atomic E-state index is 0.194. The zero-order valence-corrected chi connectivity index (χ0v) is 13.2. The normalized spacial score (nSPS) is 14.8. The number of benzene rings is 2. The molecule has 1 heterocycles. The van der Waals surface area contributed by atoms with Crippen molar-refractivity contribution in [3.05, 3.63) is 65.7 Å². The molecule has 2 aromatic rings. The van der Waals surface area contributed by atoms with Crippen LogP contribution in [0.1, 0.15) is 11.1 Å². The van der Waals surface area contributed by atoms with Crippen molar-refractivity contribution in [2.45, 2.75) is 13.0 Å². The summed E-state index contributed by atoms with van der Waals surface area (Å²) in [6, 6.07) is 18.3. The van der Waals surface area contributed by atoms with Gasteiger partial charge in [-0.15, -0.1) is 0 Å². The Morgan fingerprint density at radius 1 is 1.00 bits per heavy atom. The molecule has 0 spiro atoms. The molecule has 1 fully saturated rings. The SMILES string of the molecule is O=C1CNCCN1CCc1ccc(OCc2ccccc2)cc1. The third-order valence-electron chi connectivity index (χ3n) is 4.03.